The van der Waals surface area contributed by atoms with E-state index in [1.807, 2.05) is 0 Å². The summed E-state index contributed by atoms with van der Waals surface area (Å²) >= 11 is 0. The fourth-order valence-electron chi connectivity index (χ4n) is 3.95. The zero-order chi connectivity index (χ0) is 25.3. The molecule has 0 radical (unpaired) electrons. The van der Waals surface area contributed by atoms with Gasteiger partial charge in [-0.25, -0.2) is 0 Å². The third kappa shape index (κ3) is 5.52. The summed E-state index contributed by atoms with van der Waals surface area (Å²) in [5, 5.41) is 109. The van der Waals surface area contributed by atoms with Gasteiger partial charge >= 0.3 is 0 Å². The van der Waals surface area contributed by atoms with E-state index in [4.69, 9.17) is 23.7 Å². The maximum absolute atomic E-state index is 10.3. The van der Waals surface area contributed by atoms with Gasteiger partial charge < -0.3 is 79.9 Å². The Hall–Kier alpha value is -0.640. The molecular formula is C18H32O16. The van der Waals surface area contributed by atoms with Gasteiger partial charge in [-0.15, -0.1) is 0 Å². The van der Waals surface area contributed by atoms with Crippen molar-refractivity contribution in [2.45, 2.75) is 92.1 Å². The van der Waals surface area contributed by atoms with Crippen LogP contribution in [0.15, 0.2) is 0 Å². The molecule has 3 rings (SSSR count). The average molecular weight is 504 g/mol. The third-order valence-corrected chi connectivity index (χ3v) is 6.07. The zero-order valence-corrected chi connectivity index (χ0v) is 17.7. The molecule has 0 aromatic rings. The molecule has 0 unspecified atom stereocenters. The van der Waals surface area contributed by atoms with Gasteiger partial charge in [-0.1, -0.05) is 0 Å². The number of hydrogen-bond acceptors (Lipinski definition) is 16. The average Bonchev–Trinajstić information content (AvgIpc) is 2.82. The van der Waals surface area contributed by atoms with Crippen LogP contribution in [0.25, 0.3) is 0 Å². The molecule has 15 atom stereocenters. The Morgan fingerprint density at radius 3 is 1.62 bits per heavy atom. The topological polar surface area (TPSA) is 269 Å². The van der Waals surface area contributed by atoms with Gasteiger partial charge in [-0.05, 0) is 0 Å². The minimum Gasteiger partial charge on any atom is -0.394 e. The predicted octanol–water partition coefficient (Wildman–Crippen LogP) is -7.57. The van der Waals surface area contributed by atoms with Crippen LogP contribution in [0.5, 0.6) is 0 Å². The normalized spacial score (nSPS) is 52.5. The largest absolute Gasteiger partial charge is 0.394 e. The second-order valence-electron chi connectivity index (χ2n) is 8.37. The maximum Gasteiger partial charge on any atom is 0.187 e. The highest BCUT2D eigenvalue weighted by Gasteiger charge is 2.51. The van der Waals surface area contributed by atoms with Crippen LogP contribution in [0, 0.1) is 0 Å². The summed E-state index contributed by atoms with van der Waals surface area (Å²) in [6.45, 7) is -2.07. The Morgan fingerprint density at radius 2 is 1.03 bits per heavy atom. The summed E-state index contributed by atoms with van der Waals surface area (Å²) in [4.78, 5) is 0. The van der Waals surface area contributed by atoms with Crippen LogP contribution in [-0.4, -0.2) is 168 Å². The van der Waals surface area contributed by atoms with Crippen molar-refractivity contribution in [2.24, 2.45) is 0 Å². The molecule has 34 heavy (non-hydrogen) atoms. The summed E-state index contributed by atoms with van der Waals surface area (Å²) in [6.07, 6.45) is -24.9. The van der Waals surface area contributed by atoms with E-state index in [9.17, 15) is 56.2 Å². The van der Waals surface area contributed by atoms with Gasteiger partial charge in [0.25, 0.3) is 0 Å². The molecule has 3 heterocycles. The first kappa shape index (κ1) is 27.9. The van der Waals surface area contributed by atoms with Crippen molar-refractivity contribution in [1.82, 2.24) is 0 Å². The van der Waals surface area contributed by atoms with Crippen molar-refractivity contribution < 1.29 is 79.9 Å². The molecule has 3 aliphatic rings. The summed E-state index contributed by atoms with van der Waals surface area (Å²) in [5.41, 5.74) is 0. The molecule has 3 aliphatic heterocycles. The van der Waals surface area contributed by atoms with Crippen LogP contribution in [0.1, 0.15) is 0 Å². The standard InChI is InChI=1S/C18H32O16/c19-1-4-7(21)9(23)13(27)17(32-4)30-3-6-8(22)10(24)14(28)18(33-6)34-15-5(2-20)31-16(29)12(26)11(15)25/h4-29H,1-3H2/t4-,5-,6-,7-,8-,9+,10+,11-,12-,13-,14-,15-,16+,17+,18+/m1/s1. The molecule has 16 heteroatoms. The molecule has 200 valence electrons. The lowest BCUT2D eigenvalue weighted by molar-refractivity contribution is -0.362. The number of aliphatic hydroxyl groups is 11. The van der Waals surface area contributed by atoms with E-state index in [1.54, 1.807) is 0 Å². The SMILES string of the molecule is OC[C@H]1O[C@H](OC[C@H]2O[C@@H](O[C@H]3[C@H](O)[C@@H](O)[C@@H](O)O[C@@H]3CO)[C@H](O)[C@@H](O)[C@@H]2O)[C@H](O)[C@@H](O)[C@@H]1O. The lowest BCUT2D eigenvalue weighted by Gasteiger charge is -2.45. The third-order valence-electron chi connectivity index (χ3n) is 6.07. The molecule has 3 saturated heterocycles. The van der Waals surface area contributed by atoms with Crippen molar-refractivity contribution in [3.8, 4) is 0 Å². The summed E-state index contributed by atoms with van der Waals surface area (Å²) in [5.74, 6) is 0. The fourth-order valence-corrected chi connectivity index (χ4v) is 3.95. The number of hydrogen-bond donors (Lipinski definition) is 11. The van der Waals surface area contributed by atoms with Gasteiger partial charge in [0, 0.05) is 0 Å². The Balaban J connectivity index is 1.66. The van der Waals surface area contributed by atoms with Crippen LogP contribution in [0.2, 0.25) is 0 Å². The highest BCUT2D eigenvalue weighted by molar-refractivity contribution is 4.94. The van der Waals surface area contributed by atoms with Crippen molar-refractivity contribution >= 4 is 0 Å². The minimum absolute atomic E-state index is 0.609. The highest BCUT2D eigenvalue weighted by atomic mass is 16.7. The first-order chi connectivity index (χ1) is 16.0. The van der Waals surface area contributed by atoms with Crippen molar-refractivity contribution in [3.63, 3.8) is 0 Å². The van der Waals surface area contributed by atoms with Crippen molar-refractivity contribution in [3.05, 3.63) is 0 Å². The molecule has 0 aromatic carbocycles. The Kier molecular flexibility index (Phi) is 9.54. The lowest BCUT2D eigenvalue weighted by atomic mass is 9.97. The van der Waals surface area contributed by atoms with Crippen LogP contribution in [0.4, 0.5) is 0 Å². The zero-order valence-electron chi connectivity index (χ0n) is 17.7. The van der Waals surface area contributed by atoms with Crippen molar-refractivity contribution in [1.29, 1.82) is 0 Å². The van der Waals surface area contributed by atoms with Crippen LogP contribution in [-0.2, 0) is 23.7 Å². The number of ether oxygens (including phenoxy) is 5. The monoisotopic (exact) mass is 504 g/mol. The molecule has 0 amide bonds. The molecule has 0 saturated carbocycles. The Labute approximate surface area is 192 Å². The van der Waals surface area contributed by atoms with E-state index in [-0.39, 0.29) is 0 Å². The minimum atomic E-state index is -1.87. The molecule has 0 aliphatic carbocycles. The van der Waals surface area contributed by atoms with Gasteiger partial charge in [0.05, 0.1) is 19.8 Å². The quantitative estimate of drug-likeness (QED) is 0.154. The van der Waals surface area contributed by atoms with Crippen molar-refractivity contribution in [2.75, 3.05) is 19.8 Å². The molecular weight excluding hydrogens is 472 g/mol. The van der Waals surface area contributed by atoms with E-state index in [0.717, 1.165) is 0 Å². The second kappa shape index (κ2) is 11.6. The van der Waals surface area contributed by atoms with E-state index < -0.39 is 112 Å². The second-order valence-corrected chi connectivity index (χ2v) is 8.37. The van der Waals surface area contributed by atoms with Crippen LogP contribution >= 0.6 is 0 Å². The van der Waals surface area contributed by atoms with E-state index in [1.165, 1.54) is 0 Å². The molecule has 16 nitrogen and oxygen atoms in total. The first-order valence-electron chi connectivity index (χ1n) is 10.6. The summed E-state index contributed by atoms with van der Waals surface area (Å²) < 4.78 is 26.3. The summed E-state index contributed by atoms with van der Waals surface area (Å²) in [6, 6.07) is 0. The lowest BCUT2D eigenvalue weighted by Crippen LogP contribution is -2.65. The van der Waals surface area contributed by atoms with Gasteiger partial charge in [0.1, 0.15) is 73.2 Å². The van der Waals surface area contributed by atoms with Gasteiger partial charge in [-0.2, -0.15) is 0 Å². The smallest absolute Gasteiger partial charge is 0.187 e. The van der Waals surface area contributed by atoms with Gasteiger partial charge in [0.15, 0.2) is 18.9 Å². The van der Waals surface area contributed by atoms with E-state index in [0.29, 0.717) is 0 Å². The van der Waals surface area contributed by atoms with Gasteiger partial charge in [0.2, 0.25) is 0 Å². The summed E-state index contributed by atoms with van der Waals surface area (Å²) in [7, 11) is 0. The number of rotatable bonds is 7. The first-order valence-corrected chi connectivity index (χ1v) is 10.6. The Bertz CT molecular complexity index is 637. The van der Waals surface area contributed by atoms with E-state index >= 15 is 0 Å². The highest BCUT2D eigenvalue weighted by Crippen LogP contribution is 2.29. The molecule has 0 spiro atoms. The molecule has 11 N–H and O–H groups in total. The predicted molar refractivity (Wildman–Crippen MR) is 101 cm³/mol. The number of aliphatic hydroxyl groups excluding tert-OH is 11. The van der Waals surface area contributed by atoms with Gasteiger partial charge in [-0.3, -0.25) is 0 Å². The van der Waals surface area contributed by atoms with Crippen LogP contribution in [0.3, 0.4) is 0 Å². The fraction of sp³-hybridized carbons (Fsp3) is 1.00. The molecule has 0 aromatic heterocycles. The molecule has 0 bridgehead atoms. The molecule has 3 fully saturated rings. The van der Waals surface area contributed by atoms with E-state index in [2.05, 4.69) is 0 Å². The Morgan fingerprint density at radius 1 is 0.500 bits per heavy atom. The maximum atomic E-state index is 10.3. The van der Waals surface area contributed by atoms with Crippen LogP contribution < -0.4 is 0 Å².